The highest BCUT2D eigenvalue weighted by molar-refractivity contribution is 7.98. The minimum absolute atomic E-state index is 0.228. The number of piperazine rings is 1. The van der Waals surface area contributed by atoms with Gasteiger partial charge < -0.3 is 10.3 Å². The fraction of sp³-hybridized carbons (Fsp3) is 0.692. The molecule has 20 heavy (non-hydrogen) atoms. The zero-order valence-corrected chi connectivity index (χ0v) is 13.5. The van der Waals surface area contributed by atoms with Crippen molar-refractivity contribution in [2.75, 3.05) is 42.8 Å². The Balaban J connectivity index is 2.10. The number of hydrazine groups is 1. The lowest BCUT2D eigenvalue weighted by atomic mass is 10.1. The van der Waals surface area contributed by atoms with Crippen molar-refractivity contribution < 1.29 is 0 Å². The van der Waals surface area contributed by atoms with Crippen molar-refractivity contribution in [1.29, 1.82) is 0 Å². The van der Waals surface area contributed by atoms with Gasteiger partial charge in [0.25, 0.3) is 0 Å². The Morgan fingerprint density at radius 3 is 2.35 bits per heavy atom. The Labute approximate surface area is 125 Å². The van der Waals surface area contributed by atoms with Gasteiger partial charge in [-0.2, -0.15) is 0 Å². The second-order valence-electron chi connectivity index (χ2n) is 5.89. The van der Waals surface area contributed by atoms with Gasteiger partial charge >= 0.3 is 0 Å². The van der Waals surface area contributed by atoms with Crippen LogP contribution in [-0.2, 0) is 0 Å². The van der Waals surface area contributed by atoms with E-state index in [9.17, 15) is 0 Å². The Morgan fingerprint density at radius 2 is 1.85 bits per heavy atom. The zero-order chi connectivity index (χ0) is 14.8. The SMILES string of the molecule is CSc1nc(NN)cc(N2CCN(C(C)(C)C)CC2)n1. The molecule has 112 valence electrons. The average Bonchev–Trinajstić information content (AvgIpc) is 2.46. The highest BCUT2D eigenvalue weighted by atomic mass is 32.2. The third kappa shape index (κ3) is 3.53. The standard InChI is InChI=1S/C13H24N6S/c1-13(2,3)19-7-5-18(6-8-19)11-9-10(17-14)15-12(16-11)20-4/h9H,5-8,14H2,1-4H3,(H,15,16,17). The number of nitrogens with one attached hydrogen (secondary N) is 1. The molecule has 0 aliphatic carbocycles. The molecule has 6 nitrogen and oxygen atoms in total. The molecule has 0 saturated carbocycles. The Hall–Kier alpha value is -1.05. The minimum Gasteiger partial charge on any atom is -0.354 e. The van der Waals surface area contributed by atoms with E-state index in [1.165, 1.54) is 11.8 Å². The molecule has 0 aromatic carbocycles. The molecule has 1 aliphatic heterocycles. The molecule has 1 aromatic rings. The number of anilines is 2. The number of hydrogen-bond donors (Lipinski definition) is 2. The molecule has 1 aliphatic rings. The molecule has 0 atom stereocenters. The van der Waals surface area contributed by atoms with Gasteiger partial charge in [0, 0.05) is 37.8 Å². The first-order valence-electron chi connectivity index (χ1n) is 6.83. The van der Waals surface area contributed by atoms with Gasteiger partial charge in [0.05, 0.1) is 0 Å². The van der Waals surface area contributed by atoms with E-state index in [0.29, 0.717) is 5.82 Å². The maximum atomic E-state index is 5.47. The van der Waals surface area contributed by atoms with Gasteiger partial charge in [-0.25, -0.2) is 15.8 Å². The van der Waals surface area contributed by atoms with Gasteiger partial charge in [-0.15, -0.1) is 0 Å². The fourth-order valence-electron chi connectivity index (χ4n) is 2.35. The summed E-state index contributed by atoms with van der Waals surface area (Å²) < 4.78 is 0. The molecule has 0 unspecified atom stereocenters. The largest absolute Gasteiger partial charge is 0.354 e. The zero-order valence-electron chi connectivity index (χ0n) is 12.7. The van der Waals surface area contributed by atoms with Crippen LogP contribution in [0.4, 0.5) is 11.6 Å². The van der Waals surface area contributed by atoms with Crippen molar-refractivity contribution in [2.24, 2.45) is 5.84 Å². The van der Waals surface area contributed by atoms with Gasteiger partial charge in [-0.05, 0) is 27.0 Å². The maximum Gasteiger partial charge on any atom is 0.191 e. The first-order valence-corrected chi connectivity index (χ1v) is 8.06. The monoisotopic (exact) mass is 296 g/mol. The molecule has 0 radical (unpaired) electrons. The smallest absolute Gasteiger partial charge is 0.191 e. The summed E-state index contributed by atoms with van der Waals surface area (Å²) in [5.74, 6) is 7.09. The summed E-state index contributed by atoms with van der Waals surface area (Å²) in [5, 5.41) is 0.744. The van der Waals surface area contributed by atoms with Crippen molar-refractivity contribution in [1.82, 2.24) is 14.9 Å². The number of aromatic nitrogens is 2. The summed E-state index contributed by atoms with van der Waals surface area (Å²) in [4.78, 5) is 13.7. The Morgan fingerprint density at radius 1 is 1.20 bits per heavy atom. The fourth-order valence-corrected chi connectivity index (χ4v) is 2.72. The molecular formula is C13H24N6S. The van der Waals surface area contributed by atoms with Crippen LogP contribution in [0.25, 0.3) is 0 Å². The third-order valence-electron chi connectivity index (χ3n) is 3.57. The molecule has 1 fully saturated rings. The highest BCUT2D eigenvalue weighted by Crippen LogP contribution is 2.23. The number of nitrogens with zero attached hydrogens (tertiary/aromatic N) is 4. The molecule has 0 spiro atoms. The predicted octanol–water partition coefficient (Wildman–Crippen LogP) is 1.40. The lowest BCUT2D eigenvalue weighted by Gasteiger charge is -2.42. The summed E-state index contributed by atoms with van der Waals surface area (Å²) in [6, 6.07) is 1.91. The van der Waals surface area contributed by atoms with Crippen LogP contribution in [0.5, 0.6) is 0 Å². The Bertz CT molecular complexity index is 428. The molecule has 0 amide bonds. The predicted molar refractivity (Wildman–Crippen MR) is 85.2 cm³/mol. The first kappa shape index (κ1) is 15.3. The summed E-state index contributed by atoms with van der Waals surface area (Å²) >= 11 is 1.53. The Kier molecular flexibility index (Phi) is 4.72. The molecule has 7 heteroatoms. The first-order chi connectivity index (χ1) is 9.44. The van der Waals surface area contributed by atoms with Gasteiger partial charge in [-0.3, -0.25) is 4.90 Å². The van der Waals surface area contributed by atoms with E-state index >= 15 is 0 Å². The van der Waals surface area contributed by atoms with Crippen LogP contribution in [0.3, 0.4) is 0 Å². The number of rotatable bonds is 3. The van der Waals surface area contributed by atoms with E-state index < -0.39 is 0 Å². The molecule has 2 rings (SSSR count). The van der Waals surface area contributed by atoms with Gasteiger partial charge in [-0.1, -0.05) is 11.8 Å². The molecule has 1 aromatic heterocycles. The number of nitrogens with two attached hydrogens (primary N) is 1. The van der Waals surface area contributed by atoms with Crippen molar-refractivity contribution >= 4 is 23.4 Å². The molecule has 3 N–H and O–H groups in total. The summed E-state index contributed by atoms with van der Waals surface area (Å²) in [6.45, 7) is 10.8. The molecule has 2 heterocycles. The summed E-state index contributed by atoms with van der Waals surface area (Å²) in [5.41, 5.74) is 2.84. The van der Waals surface area contributed by atoms with Crippen LogP contribution in [0, 0.1) is 0 Å². The van der Waals surface area contributed by atoms with Crippen LogP contribution in [-0.4, -0.2) is 52.8 Å². The molecule has 0 bridgehead atoms. The van der Waals surface area contributed by atoms with E-state index in [1.807, 2.05) is 12.3 Å². The normalized spacial score (nSPS) is 17.4. The van der Waals surface area contributed by atoms with E-state index in [1.54, 1.807) is 0 Å². The molecule has 1 saturated heterocycles. The van der Waals surface area contributed by atoms with Crippen molar-refractivity contribution in [2.45, 2.75) is 31.5 Å². The van der Waals surface area contributed by atoms with E-state index in [-0.39, 0.29) is 5.54 Å². The van der Waals surface area contributed by atoms with Crippen LogP contribution in [0.15, 0.2) is 11.2 Å². The average molecular weight is 296 g/mol. The third-order valence-corrected chi connectivity index (χ3v) is 4.12. The van der Waals surface area contributed by atoms with Gasteiger partial charge in [0.2, 0.25) is 0 Å². The highest BCUT2D eigenvalue weighted by Gasteiger charge is 2.26. The number of hydrogen-bond acceptors (Lipinski definition) is 7. The van der Waals surface area contributed by atoms with Crippen LogP contribution < -0.4 is 16.2 Å². The van der Waals surface area contributed by atoms with Gasteiger partial charge in [0.1, 0.15) is 11.6 Å². The molecular weight excluding hydrogens is 272 g/mol. The number of thioether (sulfide) groups is 1. The van der Waals surface area contributed by atoms with E-state index in [2.05, 4.69) is 46.0 Å². The summed E-state index contributed by atoms with van der Waals surface area (Å²) in [7, 11) is 0. The van der Waals surface area contributed by atoms with Crippen molar-refractivity contribution in [3.05, 3.63) is 6.07 Å². The lowest BCUT2D eigenvalue weighted by molar-refractivity contribution is 0.128. The van der Waals surface area contributed by atoms with Crippen LogP contribution in [0.1, 0.15) is 20.8 Å². The van der Waals surface area contributed by atoms with Gasteiger partial charge in [0.15, 0.2) is 5.16 Å². The topological polar surface area (TPSA) is 70.3 Å². The second-order valence-corrected chi connectivity index (χ2v) is 6.66. The van der Waals surface area contributed by atoms with Crippen LogP contribution in [0.2, 0.25) is 0 Å². The quantitative estimate of drug-likeness (QED) is 0.378. The van der Waals surface area contributed by atoms with Crippen molar-refractivity contribution in [3.63, 3.8) is 0 Å². The number of nitrogen functional groups attached to an aromatic ring is 1. The summed E-state index contributed by atoms with van der Waals surface area (Å²) in [6.07, 6.45) is 1.97. The lowest BCUT2D eigenvalue weighted by Crippen LogP contribution is -2.53. The maximum absolute atomic E-state index is 5.47. The minimum atomic E-state index is 0.228. The van der Waals surface area contributed by atoms with Crippen molar-refractivity contribution in [3.8, 4) is 0 Å². The van der Waals surface area contributed by atoms with E-state index in [0.717, 1.165) is 37.2 Å². The second kappa shape index (κ2) is 6.15. The van der Waals surface area contributed by atoms with E-state index in [4.69, 9.17) is 5.84 Å². The van der Waals surface area contributed by atoms with Crippen LogP contribution >= 0.6 is 11.8 Å².